The Morgan fingerprint density at radius 2 is 1.93 bits per heavy atom. The Bertz CT molecular complexity index is 786. The van der Waals surface area contributed by atoms with Crippen molar-refractivity contribution in [3.63, 3.8) is 0 Å². The van der Waals surface area contributed by atoms with E-state index in [9.17, 15) is 9.59 Å². The second kappa shape index (κ2) is 9.58. The molecule has 2 aromatic carbocycles. The molecule has 27 heavy (non-hydrogen) atoms. The maximum Gasteiger partial charge on any atom is 0.253 e. The fourth-order valence-corrected chi connectivity index (χ4v) is 3.57. The fourth-order valence-electron chi connectivity index (χ4n) is 2.87. The number of ether oxygens (including phenoxy) is 1. The molecule has 1 unspecified atom stereocenters. The van der Waals surface area contributed by atoms with Crippen LogP contribution < -0.4 is 10.6 Å². The molecule has 0 spiro atoms. The third-order valence-electron chi connectivity index (χ3n) is 4.35. The third-order valence-corrected chi connectivity index (χ3v) is 5.36. The highest BCUT2D eigenvalue weighted by molar-refractivity contribution is 8.00. The number of aryl methyl sites for hydroxylation is 1. The SMILES string of the molecule is Cc1ccc(SCC(=O)Nc2ccccc2C(=O)NCC2CCCO2)cc1. The summed E-state index contributed by atoms with van der Waals surface area (Å²) in [6.45, 7) is 3.28. The molecule has 5 nitrogen and oxygen atoms in total. The molecular formula is C21H24N2O3S. The first-order valence-corrected chi connectivity index (χ1v) is 10.1. The Labute approximate surface area is 163 Å². The van der Waals surface area contributed by atoms with Gasteiger partial charge in [0.25, 0.3) is 5.91 Å². The van der Waals surface area contributed by atoms with E-state index in [0.717, 1.165) is 24.3 Å². The fraction of sp³-hybridized carbons (Fsp3) is 0.333. The van der Waals surface area contributed by atoms with Crippen LogP contribution in [0.5, 0.6) is 0 Å². The van der Waals surface area contributed by atoms with Gasteiger partial charge in [0.2, 0.25) is 5.91 Å². The summed E-state index contributed by atoms with van der Waals surface area (Å²) >= 11 is 1.47. The molecule has 1 aliphatic rings. The highest BCUT2D eigenvalue weighted by atomic mass is 32.2. The number of para-hydroxylation sites is 1. The van der Waals surface area contributed by atoms with Crippen molar-refractivity contribution in [1.29, 1.82) is 0 Å². The van der Waals surface area contributed by atoms with Crippen LogP contribution in [0.3, 0.4) is 0 Å². The summed E-state index contributed by atoms with van der Waals surface area (Å²) in [5.74, 6) is -0.0536. The van der Waals surface area contributed by atoms with E-state index in [1.807, 2.05) is 31.2 Å². The standard InChI is InChI=1S/C21H24N2O3S/c1-15-8-10-17(11-9-15)27-14-20(24)23-19-7-3-2-6-18(19)21(25)22-13-16-5-4-12-26-16/h2-3,6-11,16H,4-5,12-14H2,1H3,(H,22,25)(H,23,24). The molecular weight excluding hydrogens is 360 g/mol. The van der Waals surface area contributed by atoms with Crippen molar-refractivity contribution in [2.75, 3.05) is 24.2 Å². The molecule has 1 atom stereocenters. The number of hydrogen-bond donors (Lipinski definition) is 2. The predicted molar refractivity (Wildman–Crippen MR) is 108 cm³/mol. The van der Waals surface area contributed by atoms with Gasteiger partial charge in [0.1, 0.15) is 0 Å². The lowest BCUT2D eigenvalue weighted by atomic mass is 10.1. The number of amides is 2. The average Bonchev–Trinajstić information content (AvgIpc) is 3.20. The molecule has 2 N–H and O–H groups in total. The van der Waals surface area contributed by atoms with E-state index in [2.05, 4.69) is 10.6 Å². The van der Waals surface area contributed by atoms with E-state index >= 15 is 0 Å². The lowest BCUT2D eigenvalue weighted by Crippen LogP contribution is -2.32. The molecule has 1 saturated heterocycles. The molecule has 0 saturated carbocycles. The molecule has 3 rings (SSSR count). The minimum atomic E-state index is -0.201. The molecule has 0 radical (unpaired) electrons. The molecule has 6 heteroatoms. The van der Waals surface area contributed by atoms with E-state index in [4.69, 9.17) is 4.74 Å². The first-order valence-electron chi connectivity index (χ1n) is 9.10. The van der Waals surface area contributed by atoms with Gasteiger partial charge in [0, 0.05) is 18.0 Å². The maximum atomic E-state index is 12.5. The molecule has 1 fully saturated rings. The van der Waals surface area contributed by atoms with Gasteiger partial charge in [-0.2, -0.15) is 0 Å². The Morgan fingerprint density at radius 1 is 1.15 bits per heavy atom. The van der Waals surface area contributed by atoms with Crippen molar-refractivity contribution in [2.24, 2.45) is 0 Å². The summed E-state index contributed by atoms with van der Waals surface area (Å²) in [6, 6.07) is 15.1. The van der Waals surface area contributed by atoms with Crippen LogP contribution in [0.15, 0.2) is 53.4 Å². The summed E-state index contributed by atoms with van der Waals surface area (Å²) in [5, 5.41) is 5.75. The predicted octanol–water partition coefficient (Wildman–Crippen LogP) is 3.63. The molecule has 142 valence electrons. The number of rotatable bonds is 7. The maximum absolute atomic E-state index is 12.5. The Hall–Kier alpha value is -2.31. The Kier molecular flexibility index (Phi) is 6.90. The van der Waals surface area contributed by atoms with Gasteiger partial charge in [0.15, 0.2) is 0 Å². The van der Waals surface area contributed by atoms with E-state index < -0.39 is 0 Å². The van der Waals surface area contributed by atoms with Gasteiger partial charge in [-0.25, -0.2) is 0 Å². The van der Waals surface area contributed by atoms with Gasteiger partial charge in [-0.1, -0.05) is 29.8 Å². The van der Waals surface area contributed by atoms with Gasteiger partial charge in [0.05, 0.1) is 23.1 Å². The van der Waals surface area contributed by atoms with Crippen LogP contribution in [0.25, 0.3) is 0 Å². The van der Waals surface area contributed by atoms with Crippen molar-refractivity contribution < 1.29 is 14.3 Å². The molecule has 1 aliphatic heterocycles. The Balaban J connectivity index is 1.55. The summed E-state index contributed by atoms with van der Waals surface area (Å²) in [5.41, 5.74) is 2.17. The number of benzene rings is 2. The van der Waals surface area contributed by atoms with Crippen LogP contribution in [0.2, 0.25) is 0 Å². The Morgan fingerprint density at radius 3 is 2.67 bits per heavy atom. The van der Waals surface area contributed by atoms with Crippen molar-refractivity contribution >= 4 is 29.3 Å². The summed E-state index contributed by atoms with van der Waals surface area (Å²) in [6.07, 6.45) is 2.09. The third kappa shape index (κ3) is 5.84. The largest absolute Gasteiger partial charge is 0.376 e. The zero-order valence-electron chi connectivity index (χ0n) is 15.4. The lowest BCUT2D eigenvalue weighted by Gasteiger charge is -2.13. The first-order chi connectivity index (χ1) is 13.1. The van der Waals surface area contributed by atoms with E-state index in [1.165, 1.54) is 17.3 Å². The lowest BCUT2D eigenvalue weighted by molar-refractivity contribution is -0.113. The average molecular weight is 385 g/mol. The van der Waals surface area contributed by atoms with Crippen LogP contribution in [0.1, 0.15) is 28.8 Å². The van der Waals surface area contributed by atoms with Crippen molar-refractivity contribution in [3.05, 3.63) is 59.7 Å². The smallest absolute Gasteiger partial charge is 0.253 e. The topological polar surface area (TPSA) is 67.4 Å². The van der Waals surface area contributed by atoms with Gasteiger partial charge in [-0.05, 0) is 44.0 Å². The second-order valence-corrected chi connectivity index (χ2v) is 7.59. The van der Waals surface area contributed by atoms with Crippen LogP contribution in [-0.4, -0.2) is 36.8 Å². The molecule has 2 aromatic rings. The number of carbonyl (C=O) groups excluding carboxylic acids is 2. The van der Waals surface area contributed by atoms with Gasteiger partial charge in [-0.15, -0.1) is 11.8 Å². The molecule has 0 aromatic heterocycles. The van der Waals surface area contributed by atoms with Gasteiger partial charge in [-0.3, -0.25) is 9.59 Å². The number of nitrogens with one attached hydrogen (secondary N) is 2. The minimum absolute atomic E-state index is 0.0848. The van der Waals surface area contributed by atoms with E-state index in [-0.39, 0.29) is 23.7 Å². The molecule has 2 amide bonds. The highest BCUT2D eigenvalue weighted by Crippen LogP contribution is 2.20. The van der Waals surface area contributed by atoms with Gasteiger partial charge < -0.3 is 15.4 Å². The van der Waals surface area contributed by atoms with E-state index in [0.29, 0.717) is 17.8 Å². The van der Waals surface area contributed by atoms with Crippen LogP contribution in [-0.2, 0) is 9.53 Å². The normalized spacial score (nSPS) is 16.1. The minimum Gasteiger partial charge on any atom is -0.376 e. The van der Waals surface area contributed by atoms with E-state index in [1.54, 1.807) is 24.3 Å². The molecule has 0 bridgehead atoms. The van der Waals surface area contributed by atoms with Crippen LogP contribution >= 0.6 is 11.8 Å². The quantitative estimate of drug-likeness (QED) is 0.716. The summed E-state index contributed by atoms with van der Waals surface area (Å²) in [7, 11) is 0. The number of carbonyl (C=O) groups is 2. The zero-order valence-corrected chi connectivity index (χ0v) is 16.2. The molecule has 1 heterocycles. The first kappa shape index (κ1) is 19.5. The van der Waals surface area contributed by atoms with Crippen LogP contribution in [0.4, 0.5) is 5.69 Å². The van der Waals surface area contributed by atoms with Crippen molar-refractivity contribution in [3.8, 4) is 0 Å². The molecule has 0 aliphatic carbocycles. The zero-order chi connectivity index (χ0) is 19.1. The highest BCUT2D eigenvalue weighted by Gasteiger charge is 2.18. The van der Waals surface area contributed by atoms with Gasteiger partial charge >= 0.3 is 0 Å². The summed E-state index contributed by atoms with van der Waals surface area (Å²) < 4.78 is 5.53. The number of thioether (sulfide) groups is 1. The second-order valence-electron chi connectivity index (χ2n) is 6.54. The summed E-state index contributed by atoms with van der Waals surface area (Å²) in [4.78, 5) is 25.8. The van der Waals surface area contributed by atoms with Crippen molar-refractivity contribution in [2.45, 2.75) is 30.8 Å². The van der Waals surface area contributed by atoms with Crippen LogP contribution in [0, 0.1) is 6.92 Å². The monoisotopic (exact) mass is 384 g/mol. The number of anilines is 1. The number of hydrogen-bond acceptors (Lipinski definition) is 4. The van der Waals surface area contributed by atoms with Crippen molar-refractivity contribution in [1.82, 2.24) is 5.32 Å².